The molecule has 0 atom stereocenters. The molecule has 0 fully saturated rings. The molecule has 0 bridgehead atoms. The average molecular weight is 352 g/mol. The van der Waals surface area contributed by atoms with Gasteiger partial charge in [-0.25, -0.2) is 0 Å². The molecule has 0 saturated carbocycles. The molecule has 0 rings (SSSR count). The van der Waals surface area contributed by atoms with E-state index in [0.29, 0.717) is 0 Å². The summed E-state index contributed by atoms with van der Waals surface area (Å²) >= 11 is 0. The minimum Gasteiger partial charge on any atom is -0.0149 e. The maximum Gasteiger partial charge on any atom is -0.0149 e. The van der Waals surface area contributed by atoms with Gasteiger partial charge < -0.3 is 0 Å². The smallest absolute Gasteiger partial charge is 0.0149 e. The van der Waals surface area contributed by atoms with Gasteiger partial charge in [0.05, 0.1) is 0 Å². The molecule has 0 amide bonds. The molecule has 0 aromatic rings. The van der Waals surface area contributed by atoms with Gasteiger partial charge in [-0.1, -0.05) is 0 Å². The van der Waals surface area contributed by atoms with Crippen LogP contribution in [-0.2, 0) is 0 Å². The summed E-state index contributed by atoms with van der Waals surface area (Å²) in [6, 6.07) is 0. The first-order valence-electron chi connectivity index (χ1n) is 0. The fourth-order valence-corrected chi connectivity index (χ4v) is 0. The zero-order valence-corrected chi connectivity index (χ0v) is 7.70. The summed E-state index contributed by atoms with van der Waals surface area (Å²) in [5.41, 5.74) is 0. The third-order valence-electron chi connectivity index (χ3n) is 0. The molecule has 0 saturated heterocycles. The Morgan fingerprint density at radius 1 is 1.00 bits per heavy atom. The Hall–Kier alpha value is 2.03. The molecule has 0 aliphatic carbocycles. The molecule has 0 unspecified atom stereocenters. The molecule has 2 radical (unpaired) electrons. The van der Waals surface area contributed by atoms with Crippen LogP contribution in [0.2, 0.25) is 0 Å². The van der Waals surface area contributed by atoms with Gasteiger partial charge in [0.1, 0.15) is 0 Å². The normalized spacial score (nSPS) is 0. The van der Waals surface area contributed by atoms with E-state index in [1.165, 1.54) is 0 Å². The summed E-state index contributed by atoms with van der Waals surface area (Å²) in [6.07, 6.45) is 0. The monoisotopic (exact) mass is 354 g/mol. The minimum absolute atomic E-state index is 0. The average Bonchev–Trinajstić information content (AvgIpc) is 0. The maximum atomic E-state index is 0. The second kappa shape index (κ2) is 19.8. The summed E-state index contributed by atoms with van der Waals surface area (Å²) in [5, 5.41) is 0. The molecule has 0 aliphatic heterocycles. The predicted molar refractivity (Wildman–Crippen MR) is 41.6 cm³/mol. The Morgan fingerprint density at radius 2 is 1.00 bits per heavy atom. The third kappa shape index (κ3) is 8.98. The van der Waals surface area contributed by atoms with E-state index < -0.39 is 0 Å². The van der Waals surface area contributed by atoms with Crippen LogP contribution in [0.1, 0.15) is 0 Å². The van der Waals surface area contributed by atoms with Gasteiger partial charge in [0.15, 0.2) is 0 Å². The maximum absolute atomic E-state index is 0. The van der Waals surface area contributed by atoms with Crippen LogP contribution >= 0.6 is 13.5 Å². The Labute approximate surface area is 68.7 Å². The van der Waals surface area contributed by atoms with Crippen LogP contribution in [-0.4, -0.2) is 55.9 Å². The van der Waals surface area contributed by atoms with E-state index in [1.807, 2.05) is 0 Å². The second-order valence-electron chi connectivity index (χ2n) is 0. The van der Waals surface area contributed by atoms with Crippen molar-refractivity contribution in [2.45, 2.75) is 0 Å². The van der Waals surface area contributed by atoms with Gasteiger partial charge in [-0.05, 0) is 11.0 Å². The second-order valence-corrected chi connectivity index (χ2v) is 0. The molecule has 0 aliphatic rings. The number of hydrogen-bond donors (Lipinski definition) is 0. The predicted octanol–water partition coefficient (Wildman–Crippen LogP) is -3.71. The molecular formula is H12GePbSSi. The van der Waals surface area contributed by atoms with Crippen molar-refractivity contribution in [1.82, 2.24) is 0 Å². The molecule has 0 aromatic heterocycles. The molecule has 0 spiro atoms. The van der Waals surface area contributed by atoms with E-state index in [0.717, 1.165) is 0 Å². The molecule has 4 heavy (non-hydrogen) atoms. The van der Waals surface area contributed by atoms with Crippen molar-refractivity contribution in [3.63, 3.8) is 0 Å². The summed E-state index contributed by atoms with van der Waals surface area (Å²) < 4.78 is 0. The Kier molecular flexibility index (Phi) is 183. The SMILES string of the molecule is S.[GeH4].[PbH2].[SiH4]. The van der Waals surface area contributed by atoms with Gasteiger partial charge in [0.25, 0.3) is 0 Å². The van der Waals surface area contributed by atoms with E-state index in [1.54, 1.807) is 0 Å². The first kappa shape index (κ1) is 37.0. The van der Waals surface area contributed by atoms with E-state index >= 15 is 0 Å². The summed E-state index contributed by atoms with van der Waals surface area (Å²) in [7, 11) is 0. The molecule has 0 aromatic carbocycles. The van der Waals surface area contributed by atoms with Crippen LogP contribution in [0.15, 0.2) is 0 Å². The summed E-state index contributed by atoms with van der Waals surface area (Å²) in [4.78, 5) is 0. The largest absolute Gasteiger partial charge is 0.0149 e. The fraction of sp³-hybridized carbons (Fsp3) is 0. The van der Waals surface area contributed by atoms with Crippen LogP contribution in [0.4, 0.5) is 0 Å². The van der Waals surface area contributed by atoms with Gasteiger partial charge in [0, 0.05) is 0 Å². The van der Waals surface area contributed by atoms with Gasteiger partial charge >= 0.3 is 44.9 Å². The molecule has 30 valence electrons. The summed E-state index contributed by atoms with van der Waals surface area (Å²) in [6.45, 7) is 0. The Balaban J connectivity index is 0. The molecule has 4 heteroatoms. The molecule has 0 N–H and O–H groups in total. The topological polar surface area (TPSA) is 0 Å². The number of hydrogen-bond acceptors (Lipinski definition) is 0. The van der Waals surface area contributed by atoms with Crippen molar-refractivity contribution < 1.29 is 0 Å². The van der Waals surface area contributed by atoms with Crippen LogP contribution < -0.4 is 0 Å². The van der Waals surface area contributed by atoms with Crippen LogP contribution in [0.3, 0.4) is 0 Å². The van der Waals surface area contributed by atoms with Crippen molar-refractivity contribution >= 4 is 69.4 Å². The van der Waals surface area contributed by atoms with Crippen LogP contribution in [0, 0.1) is 0 Å². The first-order valence-corrected chi connectivity index (χ1v) is 0. The van der Waals surface area contributed by atoms with Gasteiger partial charge in [0.2, 0.25) is 0 Å². The van der Waals surface area contributed by atoms with E-state index in [9.17, 15) is 0 Å². The van der Waals surface area contributed by atoms with E-state index in [2.05, 4.69) is 0 Å². The molecular weight excluding hydrogens is 340 g/mol. The Bertz CT molecular complexity index is 8.00. The van der Waals surface area contributed by atoms with Crippen LogP contribution in [0.25, 0.3) is 0 Å². The first-order chi connectivity index (χ1) is 0. The van der Waals surface area contributed by atoms with Crippen molar-refractivity contribution in [2.24, 2.45) is 0 Å². The van der Waals surface area contributed by atoms with Gasteiger partial charge in [-0.2, -0.15) is 13.5 Å². The third-order valence-corrected chi connectivity index (χ3v) is 0. The van der Waals surface area contributed by atoms with Crippen LogP contribution in [0.5, 0.6) is 0 Å². The molecule has 0 nitrogen and oxygen atoms in total. The van der Waals surface area contributed by atoms with Gasteiger partial charge in [-0.15, -0.1) is 0 Å². The van der Waals surface area contributed by atoms with E-state index in [4.69, 9.17) is 0 Å². The standard InChI is InChI=1S/GeH4.Pb.H2S.H4Si.2H/h1H4;;1H2;1H4;;. The van der Waals surface area contributed by atoms with Crippen molar-refractivity contribution in [3.8, 4) is 0 Å². The van der Waals surface area contributed by atoms with Crippen molar-refractivity contribution in [3.05, 3.63) is 0 Å². The number of rotatable bonds is 0. The Morgan fingerprint density at radius 3 is 1.00 bits per heavy atom. The zero-order valence-electron chi connectivity index (χ0n) is 1.21. The zero-order chi connectivity index (χ0) is 0. The summed E-state index contributed by atoms with van der Waals surface area (Å²) in [5.74, 6) is 0. The molecule has 0 heterocycles. The van der Waals surface area contributed by atoms with E-state index in [-0.39, 0.29) is 69.4 Å². The van der Waals surface area contributed by atoms with Gasteiger partial charge in [-0.3, -0.25) is 0 Å². The fourth-order valence-electron chi connectivity index (χ4n) is 0. The minimum atomic E-state index is 0. The van der Waals surface area contributed by atoms with Crippen molar-refractivity contribution in [2.75, 3.05) is 0 Å². The van der Waals surface area contributed by atoms with Crippen molar-refractivity contribution in [1.29, 1.82) is 0 Å². The quantitative estimate of drug-likeness (QED) is 0.394.